The van der Waals surface area contributed by atoms with Crippen molar-refractivity contribution in [1.82, 2.24) is 30.0 Å². The highest BCUT2D eigenvalue weighted by Crippen LogP contribution is 2.37. The third-order valence-corrected chi connectivity index (χ3v) is 5.94. The summed E-state index contributed by atoms with van der Waals surface area (Å²) in [5.41, 5.74) is 9.89. The zero-order chi connectivity index (χ0) is 22.2. The Labute approximate surface area is 185 Å². The molecule has 5 rings (SSSR count). The van der Waals surface area contributed by atoms with E-state index < -0.39 is 0 Å². The molecule has 3 heterocycles. The highest BCUT2D eigenvalue weighted by molar-refractivity contribution is 6.04. The molecule has 9 nitrogen and oxygen atoms in total. The third kappa shape index (κ3) is 3.56. The Morgan fingerprint density at radius 2 is 1.91 bits per heavy atom. The van der Waals surface area contributed by atoms with Gasteiger partial charge in [-0.2, -0.15) is 5.10 Å². The average Bonchev–Trinajstić information content (AvgIpc) is 3.14. The SMILES string of the molecule is CNC1CC(n2nc(-c3ccc(C(=O)Nc4cccc(C)n4)cc3)c3c(N)ncnc32)C1. The van der Waals surface area contributed by atoms with Crippen LogP contribution in [0.5, 0.6) is 0 Å². The van der Waals surface area contributed by atoms with Crippen molar-refractivity contribution in [2.45, 2.75) is 31.8 Å². The van der Waals surface area contributed by atoms with Crippen molar-refractivity contribution in [3.63, 3.8) is 0 Å². The van der Waals surface area contributed by atoms with Crippen LogP contribution in [0.15, 0.2) is 48.8 Å². The minimum absolute atomic E-state index is 0.222. The molecule has 1 saturated carbocycles. The van der Waals surface area contributed by atoms with Crippen molar-refractivity contribution in [1.29, 1.82) is 0 Å². The molecular formula is C23H24N8O. The number of aryl methyl sites for hydroxylation is 1. The molecule has 1 amide bonds. The molecule has 4 N–H and O–H groups in total. The van der Waals surface area contributed by atoms with Gasteiger partial charge in [0.15, 0.2) is 5.65 Å². The number of nitrogens with one attached hydrogen (secondary N) is 2. The summed E-state index contributed by atoms with van der Waals surface area (Å²) in [6.07, 6.45) is 3.45. The minimum Gasteiger partial charge on any atom is -0.383 e. The first kappa shape index (κ1) is 20.1. The highest BCUT2D eigenvalue weighted by Gasteiger charge is 2.32. The summed E-state index contributed by atoms with van der Waals surface area (Å²) < 4.78 is 1.96. The molecule has 32 heavy (non-hydrogen) atoms. The van der Waals surface area contributed by atoms with Crippen LogP contribution in [0, 0.1) is 6.92 Å². The summed E-state index contributed by atoms with van der Waals surface area (Å²) in [7, 11) is 1.97. The lowest BCUT2D eigenvalue weighted by molar-refractivity contribution is 0.102. The number of anilines is 2. The summed E-state index contributed by atoms with van der Waals surface area (Å²) in [6, 6.07) is 13.5. The quantitative estimate of drug-likeness (QED) is 0.446. The van der Waals surface area contributed by atoms with Gasteiger partial charge in [0.1, 0.15) is 23.7 Å². The van der Waals surface area contributed by atoms with Gasteiger partial charge in [-0.05, 0) is 51.1 Å². The van der Waals surface area contributed by atoms with E-state index in [1.807, 2.05) is 42.9 Å². The Morgan fingerprint density at radius 1 is 1.12 bits per heavy atom. The monoisotopic (exact) mass is 428 g/mol. The first-order chi connectivity index (χ1) is 15.5. The summed E-state index contributed by atoms with van der Waals surface area (Å²) in [6.45, 7) is 1.88. The molecule has 162 valence electrons. The summed E-state index contributed by atoms with van der Waals surface area (Å²) >= 11 is 0. The first-order valence-electron chi connectivity index (χ1n) is 10.5. The van der Waals surface area contributed by atoms with E-state index in [0.717, 1.165) is 40.8 Å². The van der Waals surface area contributed by atoms with E-state index in [9.17, 15) is 4.79 Å². The maximum absolute atomic E-state index is 12.6. The topological polar surface area (TPSA) is 124 Å². The molecule has 3 aromatic heterocycles. The molecule has 1 aliphatic rings. The van der Waals surface area contributed by atoms with Crippen LogP contribution in [-0.4, -0.2) is 43.7 Å². The predicted octanol–water partition coefficient (Wildman–Crippen LogP) is 2.95. The molecule has 0 bridgehead atoms. The summed E-state index contributed by atoms with van der Waals surface area (Å²) in [5.74, 6) is 0.697. The molecule has 1 fully saturated rings. The highest BCUT2D eigenvalue weighted by atomic mass is 16.1. The summed E-state index contributed by atoms with van der Waals surface area (Å²) in [4.78, 5) is 25.6. The first-order valence-corrected chi connectivity index (χ1v) is 10.5. The van der Waals surface area contributed by atoms with Crippen LogP contribution in [0.4, 0.5) is 11.6 Å². The molecule has 0 spiro atoms. The van der Waals surface area contributed by atoms with Gasteiger partial charge in [-0.25, -0.2) is 19.6 Å². The van der Waals surface area contributed by atoms with Crippen LogP contribution in [-0.2, 0) is 0 Å². The number of nitrogens with two attached hydrogens (primary N) is 1. The van der Waals surface area contributed by atoms with Gasteiger partial charge in [0.25, 0.3) is 5.91 Å². The van der Waals surface area contributed by atoms with Gasteiger partial charge in [0, 0.05) is 22.9 Å². The van der Waals surface area contributed by atoms with Crippen molar-refractivity contribution in [3.8, 4) is 11.3 Å². The van der Waals surface area contributed by atoms with Crippen LogP contribution in [0.25, 0.3) is 22.3 Å². The number of nitrogens with zero attached hydrogens (tertiary/aromatic N) is 5. The number of pyridine rings is 1. The van der Waals surface area contributed by atoms with Crippen LogP contribution in [0.1, 0.15) is 34.9 Å². The lowest BCUT2D eigenvalue weighted by Crippen LogP contribution is -2.40. The van der Waals surface area contributed by atoms with E-state index in [4.69, 9.17) is 10.8 Å². The number of carbonyl (C=O) groups excluding carboxylic acids is 1. The fourth-order valence-corrected chi connectivity index (χ4v) is 4.06. The van der Waals surface area contributed by atoms with Crippen molar-refractivity contribution < 1.29 is 4.79 Å². The maximum atomic E-state index is 12.6. The molecule has 0 unspecified atom stereocenters. The molecule has 9 heteroatoms. The number of amides is 1. The second-order valence-electron chi connectivity index (χ2n) is 8.06. The largest absolute Gasteiger partial charge is 0.383 e. The molecule has 1 aromatic carbocycles. The van der Waals surface area contributed by atoms with E-state index in [0.29, 0.717) is 23.2 Å². The van der Waals surface area contributed by atoms with Crippen molar-refractivity contribution >= 4 is 28.6 Å². The van der Waals surface area contributed by atoms with Crippen molar-refractivity contribution in [3.05, 3.63) is 60.0 Å². The van der Waals surface area contributed by atoms with Gasteiger partial charge in [0.2, 0.25) is 0 Å². The Morgan fingerprint density at radius 3 is 2.62 bits per heavy atom. The molecule has 0 atom stereocenters. The maximum Gasteiger partial charge on any atom is 0.256 e. The predicted molar refractivity (Wildman–Crippen MR) is 123 cm³/mol. The zero-order valence-corrected chi connectivity index (χ0v) is 17.9. The van der Waals surface area contributed by atoms with Crippen molar-refractivity contribution in [2.75, 3.05) is 18.1 Å². The van der Waals surface area contributed by atoms with Gasteiger partial charge in [-0.3, -0.25) is 4.79 Å². The standard InChI is InChI=1S/C23H24N8O/c1-13-4-3-5-18(28-13)29-23(32)15-8-6-14(7-9-15)20-19-21(24)26-12-27-22(19)31(30-20)17-10-16(11-17)25-2/h3-9,12,16-17,25H,10-11H2,1-2H3,(H2,24,26,27)(H,28,29,32). The molecule has 4 aromatic rings. The Balaban J connectivity index is 1.45. The van der Waals surface area contributed by atoms with Crippen LogP contribution >= 0.6 is 0 Å². The number of rotatable bonds is 5. The van der Waals surface area contributed by atoms with E-state index in [-0.39, 0.29) is 11.9 Å². The second kappa shape index (κ2) is 8.01. The smallest absolute Gasteiger partial charge is 0.256 e. The van der Waals surface area contributed by atoms with Crippen LogP contribution < -0.4 is 16.4 Å². The van der Waals surface area contributed by atoms with E-state index >= 15 is 0 Å². The minimum atomic E-state index is -0.222. The number of benzene rings is 1. The number of fused-ring (bicyclic) bond motifs is 1. The molecule has 1 aliphatic carbocycles. The average molecular weight is 429 g/mol. The van der Waals surface area contributed by atoms with Crippen LogP contribution in [0.2, 0.25) is 0 Å². The van der Waals surface area contributed by atoms with Crippen molar-refractivity contribution in [2.24, 2.45) is 0 Å². The van der Waals surface area contributed by atoms with Gasteiger partial charge in [-0.15, -0.1) is 0 Å². The second-order valence-corrected chi connectivity index (χ2v) is 8.06. The normalized spacial score (nSPS) is 17.8. The zero-order valence-electron chi connectivity index (χ0n) is 17.9. The van der Waals surface area contributed by atoms with Gasteiger partial charge in [0.05, 0.1) is 11.4 Å². The Kier molecular flexibility index (Phi) is 5.02. The Hall–Kier alpha value is -3.85. The number of hydrogen-bond donors (Lipinski definition) is 3. The van der Waals surface area contributed by atoms with E-state index in [1.165, 1.54) is 6.33 Å². The molecule has 0 saturated heterocycles. The number of aromatic nitrogens is 5. The van der Waals surface area contributed by atoms with Gasteiger partial charge < -0.3 is 16.4 Å². The van der Waals surface area contributed by atoms with E-state index in [1.54, 1.807) is 18.2 Å². The third-order valence-electron chi connectivity index (χ3n) is 5.94. The Bertz CT molecular complexity index is 1290. The van der Waals surface area contributed by atoms with Gasteiger partial charge >= 0.3 is 0 Å². The molecule has 0 aliphatic heterocycles. The fourth-order valence-electron chi connectivity index (χ4n) is 4.06. The fraction of sp³-hybridized carbons (Fsp3) is 0.261. The lowest BCUT2D eigenvalue weighted by atomic mass is 9.87. The number of carbonyl (C=O) groups is 1. The lowest BCUT2D eigenvalue weighted by Gasteiger charge is -2.35. The van der Waals surface area contributed by atoms with Crippen LogP contribution in [0.3, 0.4) is 0 Å². The number of hydrogen-bond acceptors (Lipinski definition) is 7. The molecular weight excluding hydrogens is 404 g/mol. The van der Waals surface area contributed by atoms with E-state index in [2.05, 4.69) is 25.6 Å². The molecule has 0 radical (unpaired) electrons. The van der Waals surface area contributed by atoms with Gasteiger partial charge in [-0.1, -0.05) is 18.2 Å². The number of nitrogen functional groups attached to an aromatic ring is 1. The summed E-state index contributed by atoms with van der Waals surface area (Å²) in [5, 5.41) is 11.7.